The highest BCUT2D eigenvalue weighted by Gasteiger charge is 2.13. The maximum absolute atomic E-state index is 6.07. The summed E-state index contributed by atoms with van der Waals surface area (Å²) >= 11 is 6.07. The molecule has 0 unspecified atom stereocenters. The summed E-state index contributed by atoms with van der Waals surface area (Å²) in [7, 11) is 0. The van der Waals surface area contributed by atoms with E-state index in [9.17, 15) is 0 Å². The number of ether oxygens (including phenoxy) is 1. The van der Waals surface area contributed by atoms with Gasteiger partial charge in [0, 0.05) is 5.02 Å². The first kappa shape index (κ1) is 11.4. The van der Waals surface area contributed by atoms with Crippen molar-refractivity contribution in [3.63, 3.8) is 0 Å². The van der Waals surface area contributed by atoms with E-state index in [0.717, 1.165) is 21.9 Å². The largest absolute Gasteiger partial charge is 0.488 e. The summed E-state index contributed by atoms with van der Waals surface area (Å²) in [4.78, 5) is 0. The summed E-state index contributed by atoms with van der Waals surface area (Å²) in [5, 5.41) is 0.825. The molecule has 2 heteroatoms. The first-order valence-electron chi connectivity index (χ1n) is 4.75. The van der Waals surface area contributed by atoms with Gasteiger partial charge in [-0.3, -0.25) is 0 Å². The average molecular weight is 213 g/mol. The van der Waals surface area contributed by atoms with Gasteiger partial charge in [-0.1, -0.05) is 11.6 Å². The highest BCUT2D eigenvalue weighted by Crippen LogP contribution is 2.27. The molecule has 0 heterocycles. The van der Waals surface area contributed by atoms with Crippen molar-refractivity contribution in [2.24, 2.45) is 0 Å². The van der Waals surface area contributed by atoms with Gasteiger partial charge in [0.2, 0.25) is 0 Å². The minimum Gasteiger partial charge on any atom is -0.488 e. The fourth-order valence-corrected chi connectivity index (χ4v) is 1.43. The lowest BCUT2D eigenvalue weighted by atomic mass is 10.1. The van der Waals surface area contributed by atoms with E-state index in [1.165, 1.54) is 0 Å². The van der Waals surface area contributed by atoms with Crippen LogP contribution in [0.2, 0.25) is 5.02 Å². The molecule has 0 aliphatic carbocycles. The van der Waals surface area contributed by atoms with Crippen LogP contribution in [0.25, 0.3) is 0 Å². The number of rotatable bonds is 1. The summed E-state index contributed by atoms with van der Waals surface area (Å²) in [6, 6.07) is 3.95. The Morgan fingerprint density at radius 2 is 1.50 bits per heavy atom. The van der Waals surface area contributed by atoms with Crippen LogP contribution in [0.4, 0.5) is 0 Å². The fourth-order valence-electron chi connectivity index (χ4n) is 1.32. The van der Waals surface area contributed by atoms with Crippen LogP contribution in [0.15, 0.2) is 12.1 Å². The minimum atomic E-state index is -0.160. The van der Waals surface area contributed by atoms with Crippen molar-refractivity contribution in [3.8, 4) is 5.75 Å². The molecule has 0 aliphatic rings. The molecule has 0 bridgehead atoms. The lowest BCUT2D eigenvalue weighted by molar-refractivity contribution is 0.131. The Kier molecular flexibility index (Phi) is 3.10. The predicted octanol–water partition coefficient (Wildman–Crippen LogP) is 4.13. The molecule has 0 fully saturated rings. The lowest BCUT2D eigenvalue weighted by Gasteiger charge is -2.22. The first-order valence-corrected chi connectivity index (χ1v) is 5.13. The van der Waals surface area contributed by atoms with Gasteiger partial charge in [-0.05, 0) is 57.9 Å². The van der Waals surface area contributed by atoms with Crippen molar-refractivity contribution in [2.45, 2.75) is 40.2 Å². The zero-order chi connectivity index (χ0) is 10.9. The molecule has 0 aromatic heterocycles. The second-order valence-corrected chi connectivity index (χ2v) is 4.96. The van der Waals surface area contributed by atoms with Crippen molar-refractivity contribution in [3.05, 3.63) is 28.3 Å². The SMILES string of the molecule is Cc1cc(OC(C)(C)C)cc(C)c1Cl. The number of benzene rings is 1. The van der Waals surface area contributed by atoms with Crippen LogP contribution in [0, 0.1) is 13.8 Å². The van der Waals surface area contributed by atoms with Crippen LogP contribution in [0.5, 0.6) is 5.75 Å². The molecule has 0 N–H and O–H groups in total. The van der Waals surface area contributed by atoms with Gasteiger partial charge < -0.3 is 4.74 Å². The predicted molar refractivity (Wildman–Crippen MR) is 61.3 cm³/mol. The first-order chi connectivity index (χ1) is 6.29. The normalized spacial score (nSPS) is 11.6. The average Bonchev–Trinajstić information content (AvgIpc) is 1.96. The molecular formula is C12H17ClO. The molecule has 0 saturated carbocycles. The highest BCUT2D eigenvalue weighted by molar-refractivity contribution is 6.32. The molecule has 0 amide bonds. The van der Waals surface area contributed by atoms with Gasteiger partial charge in [0.05, 0.1) is 0 Å². The van der Waals surface area contributed by atoms with Gasteiger partial charge in [-0.2, -0.15) is 0 Å². The Labute approximate surface area is 91.0 Å². The maximum atomic E-state index is 6.07. The van der Waals surface area contributed by atoms with E-state index >= 15 is 0 Å². The van der Waals surface area contributed by atoms with Crippen LogP contribution >= 0.6 is 11.6 Å². The van der Waals surface area contributed by atoms with Gasteiger partial charge in [0.15, 0.2) is 0 Å². The molecule has 0 aliphatic heterocycles. The molecule has 1 aromatic rings. The summed E-state index contributed by atoms with van der Waals surface area (Å²) in [6.07, 6.45) is 0. The third kappa shape index (κ3) is 2.91. The summed E-state index contributed by atoms with van der Waals surface area (Å²) < 4.78 is 5.76. The molecule has 1 aromatic carbocycles. The molecule has 0 saturated heterocycles. The molecule has 1 nitrogen and oxygen atoms in total. The second-order valence-electron chi connectivity index (χ2n) is 4.59. The van der Waals surface area contributed by atoms with Crippen molar-refractivity contribution in [1.29, 1.82) is 0 Å². The van der Waals surface area contributed by atoms with Gasteiger partial charge in [0.1, 0.15) is 11.4 Å². The Morgan fingerprint density at radius 1 is 1.07 bits per heavy atom. The smallest absolute Gasteiger partial charge is 0.120 e. The topological polar surface area (TPSA) is 9.23 Å². The van der Waals surface area contributed by atoms with Gasteiger partial charge >= 0.3 is 0 Å². The van der Waals surface area contributed by atoms with Crippen molar-refractivity contribution in [1.82, 2.24) is 0 Å². The van der Waals surface area contributed by atoms with E-state index in [1.807, 2.05) is 46.8 Å². The molecule has 0 spiro atoms. The molecule has 14 heavy (non-hydrogen) atoms. The molecule has 0 atom stereocenters. The quantitative estimate of drug-likeness (QED) is 0.680. The molecule has 78 valence electrons. The number of halogens is 1. The lowest BCUT2D eigenvalue weighted by Crippen LogP contribution is -2.23. The van der Waals surface area contributed by atoms with Crippen LogP contribution in [-0.2, 0) is 0 Å². The van der Waals surface area contributed by atoms with Crippen LogP contribution < -0.4 is 4.74 Å². The fraction of sp³-hybridized carbons (Fsp3) is 0.500. The van der Waals surface area contributed by atoms with E-state index in [1.54, 1.807) is 0 Å². The van der Waals surface area contributed by atoms with Crippen molar-refractivity contribution in [2.75, 3.05) is 0 Å². The summed E-state index contributed by atoms with van der Waals surface area (Å²) in [5.74, 6) is 0.886. The zero-order valence-corrected chi connectivity index (χ0v) is 10.2. The van der Waals surface area contributed by atoms with E-state index in [-0.39, 0.29) is 5.60 Å². The zero-order valence-electron chi connectivity index (χ0n) is 9.44. The Hall–Kier alpha value is -0.690. The Morgan fingerprint density at radius 3 is 1.86 bits per heavy atom. The Bertz CT molecular complexity index is 314. The number of aryl methyl sites for hydroxylation is 2. The van der Waals surface area contributed by atoms with Gasteiger partial charge in [0.25, 0.3) is 0 Å². The highest BCUT2D eigenvalue weighted by atomic mass is 35.5. The third-order valence-corrected chi connectivity index (χ3v) is 2.43. The monoisotopic (exact) mass is 212 g/mol. The molecule has 0 radical (unpaired) electrons. The van der Waals surface area contributed by atoms with Crippen molar-refractivity contribution >= 4 is 11.6 Å². The van der Waals surface area contributed by atoms with Crippen LogP contribution in [-0.4, -0.2) is 5.60 Å². The number of hydrogen-bond acceptors (Lipinski definition) is 1. The van der Waals surface area contributed by atoms with Gasteiger partial charge in [-0.25, -0.2) is 0 Å². The van der Waals surface area contributed by atoms with Gasteiger partial charge in [-0.15, -0.1) is 0 Å². The molecular weight excluding hydrogens is 196 g/mol. The maximum Gasteiger partial charge on any atom is 0.120 e. The van der Waals surface area contributed by atoms with Crippen LogP contribution in [0.3, 0.4) is 0 Å². The van der Waals surface area contributed by atoms with Crippen molar-refractivity contribution < 1.29 is 4.74 Å². The summed E-state index contributed by atoms with van der Waals surface area (Å²) in [5.41, 5.74) is 1.96. The van der Waals surface area contributed by atoms with E-state index in [4.69, 9.17) is 16.3 Å². The van der Waals surface area contributed by atoms with Crippen LogP contribution in [0.1, 0.15) is 31.9 Å². The summed E-state index contributed by atoms with van der Waals surface area (Å²) in [6.45, 7) is 10.1. The number of hydrogen-bond donors (Lipinski definition) is 0. The second kappa shape index (κ2) is 3.82. The van der Waals surface area contributed by atoms with E-state index in [2.05, 4.69) is 0 Å². The Balaban J connectivity index is 3.02. The minimum absolute atomic E-state index is 0.160. The van der Waals surface area contributed by atoms with E-state index < -0.39 is 0 Å². The third-order valence-electron chi connectivity index (χ3n) is 1.83. The standard InChI is InChI=1S/C12H17ClO/c1-8-6-10(14-12(3,4)5)7-9(2)11(8)13/h6-7H,1-5H3. The molecule has 1 rings (SSSR count). The van der Waals surface area contributed by atoms with E-state index in [0.29, 0.717) is 0 Å².